The van der Waals surface area contributed by atoms with Crippen LogP contribution in [0.2, 0.25) is 0 Å². The molecule has 0 radical (unpaired) electrons. The summed E-state index contributed by atoms with van der Waals surface area (Å²) in [5.41, 5.74) is 5.97. The molecule has 1 aromatic heterocycles. The molecule has 5 heteroatoms. The Kier molecular flexibility index (Phi) is 3.45. The van der Waals surface area contributed by atoms with Crippen LogP contribution < -0.4 is 11.1 Å². The van der Waals surface area contributed by atoms with Crippen molar-refractivity contribution >= 4 is 5.91 Å². The summed E-state index contributed by atoms with van der Waals surface area (Å²) in [6.07, 6.45) is 1.68. The van der Waals surface area contributed by atoms with Crippen LogP contribution in [-0.4, -0.2) is 23.7 Å². The zero-order valence-electron chi connectivity index (χ0n) is 7.49. The highest BCUT2D eigenvalue weighted by atomic mass is 16.5. The van der Waals surface area contributed by atoms with Crippen molar-refractivity contribution in [1.82, 2.24) is 10.5 Å². The molecule has 0 saturated carbocycles. The van der Waals surface area contributed by atoms with Gasteiger partial charge in [0, 0.05) is 18.7 Å². The van der Waals surface area contributed by atoms with Gasteiger partial charge in [0.05, 0.1) is 12.1 Å². The molecular weight excluding hydrogens is 170 g/mol. The van der Waals surface area contributed by atoms with Crippen molar-refractivity contribution in [3.63, 3.8) is 0 Å². The smallest absolute Gasteiger partial charge is 0.226 e. The maximum atomic E-state index is 11.2. The Morgan fingerprint density at radius 1 is 1.85 bits per heavy atom. The van der Waals surface area contributed by atoms with Crippen LogP contribution in [0.4, 0.5) is 0 Å². The fraction of sp³-hybridized carbons (Fsp3) is 0.500. The van der Waals surface area contributed by atoms with E-state index in [1.165, 1.54) is 6.26 Å². The zero-order chi connectivity index (χ0) is 9.68. The second-order valence-electron chi connectivity index (χ2n) is 2.87. The van der Waals surface area contributed by atoms with Crippen molar-refractivity contribution in [3.8, 4) is 0 Å². The predicted octanol–water partition coefficient (Wildman–Crippen LogP) is -0.319. The van der Waals surface area contributed by atoms with E-state index in [1.807, 2.05) is 6.92 Å². The zero-order valence-corrected chi connectivity index (χ0v) is 7.49. The van der Waals surface area contributed by atoms with E-state index in [0.29, 0.717) is 12.2 Å². The largest absolute Gasteiger partial charge is 0.364 e. The van der Waals surface area contributed by atoms with E-state index in [0.717, 1.165) is 0 Å². The van der Waals surface area contributed by atoms with Crippen LogP contribution in [0, 0.1) is 0 Å². The summed E-state index contributed by atoms with van der Waals surface area (Å²) in [7, 11) is 0. The third-order valence-electron chi connectivity index (χ3n) is 1.59. The molecule has 5 nitrogen and oxygen atoms in total. The van der Waals surface area contributed by atoms with E-state index >= 15 is 0 Å². The maximum Gasteiger partial charge on any atom is 0.226 e. The summed E-state index contributed by atoms with van der Waals surface area (Å²) in [4.78, 5) is 11.2. The van der Waals surface area contributed by atoms with Crippen LogP contribution in [0.3, 0.4) is 0 Å². The number of nitrogens with one attached hydrogen (secondary N) is 1. The van der Waals surface area contributed by atoms with Crippen LogP contribution in [0.5, 0.6) is 0 Å². The van der Waals surface area contributed by atoms with E-state index in [1.54, 1.807) is 6.07 Å². The van der Waals surface area contributed by atoms with Gasteiger partial charge >= 0.3 is 0 Å². The summed E-state index contributed by atoms with van der Waals surface area (Å²) >= 11 is 0. The number of rotatable bonds is 4. The van der Waals surface area contributed by atoms with E-state index in [9.17, 15) is 4.79 Å². The van der Waals surface area contributed by atoms with Crippen LogP contribution in [0.25, 0.3) is 0 Å². The molecule has 1 atom stereocenters. The van der Waals surface area contributed by atoms with Crippen molar-refractivity contribution in [2.24, 2.45) is 5.73 Å². The van der Waals surface area contributed by atoms with E-state index in [2.05, 4.69) is 15.0 Å². The molecule has 0 spiro atoms. The molecule has 13 heavy (non-hydrogen) atoms. The molecule has 0 bridgehead atoms. The lowest BCUT2D eigenvalue weighted by Gasteiger charge is -2.09. The molecule has 1 aromatic rings. The van der Waals surface area contributed by atoms with Gasteiger partial charge in [-0.1, -0.05) is 5.16 Å². The van der Waals surface area contributed by atoms with Gasteiger partial charge in [-0.05, 0) is 6.92 Å². The van der Waals surface area contributed by atoms with E-state index in [4.69, 9.17) is 5.73 Å². The fourth-order valence-corrected chi connectivity index (χ4v) is 0.878. The quantitative estimate of drug-likeness (QED) is 0.670. The molecular formula is C8H13N3O2. The Morgan fingerprint density at radius 2 is 2.62 bits per heavy atom. The minimum atomic E-state index is -0.0909. The first-order chi connectivity index (χ1) is 6.22. The van der Waals surface area contributed by atoms with Gasteiger partial charge in [0.1, 0.15) is 6.26 Å². The summed E-state index contributed by atoms with van der Waals surface area (Å²) in [6, 6.07) is 1.66. The molecule has 1 amide bonds. The van der Waals surface area contributed by atoms with Gasteiger partial charge in [-0.25, -0.2) is 0 Å². The van der Waals surface area contributed by atoms with Crippen molar-refractivity contribution in [2.45, 2.75) is 19.4 Å². The third-order valence-corrected chi connectivity index (χ3v) is 1.59. The minimum absolute atomic E-state index is 0.000555. The van der Waals surface area contributed by atoms with Crippen molar-refractivity contribution in [2.75, 3.05) is 6.54 Å². The molecule has 0 aliphatic rings. The number of aromatic nitrogens is 1. The molecule has 3 N–H and O–H groups in total. The molecule has 1 unspecified atom stereocenters. The molecule has 72 valence electrons. The number of amides is 1. The van der Waals surface area contributed by atoms with Gasteiger partial charge in [-0.2, -0.15) is 0 Å². The topological polar surface area (TPSA) is 81.1 Å². The van der Waals surface area contributed by atoms with Crippen molar-refractivity contribution < 1.29 is 9.32 Å². The van der Waals surface area contributed by atoms with Crippen LogP contribution >= 0.6 is 0 Å². The van der Waals surface area contributed by atoms with Crippen LogP contribution in [0.15, 0.2) is 16.9 Å². The highest BCUT2D eigenvalue weighted by Gasteiger charge is 2.07. The van der Waals surface area contributed by atoms with E-state index in [-0.39, 0.29) is 18.4 Å². The Labute approximate surface area is 76.3 Å². The lowest BCUT2D eigenvalue weighted by Crippen LogP contribution is -2.38. The van der Waals surface area contributed by atoms with Gasteiger partial charge in [0.25, 0.3) is 0 Å². The summed E-state index contributed by atoms with van der Waals surface area (Å²) < 4.78 is 4.59. The van der Waals surface area contributed by atoms with Crippen LogP contribution in [-0.2, 0) is 11.2 Å². The average molecular weight is 183 g/mol. The Balaban J connectivity index is 2.34. The van der Waals surface area contributed by atoms with Gasteiger partial charge < -0.3 is 15.6 Å². The fourth-order valence-electron chi connectivity index (χ4n) is 0.878. The molecule has 0 saturated heterocycles. The molecule has 1 heterocycles. The van der Waals surface area contributed by atoms with Crippen molar-refractivity contribution in [1.29, 1.82) is 0 Å². The summed E-state index contributed by atoms with van der Waals surface area (Å²) in [5.74, 6) is -0.0909. The molecule has 0 aromatic carbocycles. The van der Waals surface area contributed by atoms with Gasteiger partial charge in [-0.15, -0.1) is 0 Å². The predicted molar refractivity (Wildman–Crippen MR) is 46.9 cm³/mol. The van der Waals surface area contributed by atoms with Crippen LogP contribution in [0.1, 0.15) is 12.6 Å². The molecule has 0 aliphatic heterocycles. The average Bonchev–Trinajstić information content (AvgIpc) is 2.56. The van der Waals surface area contributed by atoms with Gasteiger partial charge in [0.2, 0.25) is 5.91 Å². The highest BCUT2D eigenvalue weighted by molar-refractivity contribution is 5.78. The lowest BCUT2D eigenvalue weighted by atomic mass is 10.2. The second-order valence-corrected chi connectivity index (χ2v) is 2.87. The van der Waals surface area contributed by atoms with E-state index < -0.39 is 0 Å². The normalized spacial score (nSPS) is 12.5. The SMILES string of the molecule is CC(CN)NC(=O)Cc1ccon1. The van der Waals surface area contributed by atoms with Crippen molar-refractivity contribution in [3.05, 3.63) is 18.0 Å². The first-order valence-corrected chi connectivity index (χ1v) is 4.11. The summed E-state index contributed by atoms with van der Waals surface area (Å²) in [6.45, 7) is 2.28. The Bertz CT molecular complexity index is 258. The summed E-state index contributed by atoms with van der Waals surface area (Å²) in [5, 5.41) is 6.34. The second kappa shape index (κ2) is 4.61. The lowest BCUT2D eigenvalue weighted by molar-refractivity contribution is -0.121. The number of carbonyl (C=O) groups excluding carboxylic acids is 1. The molecule has 1 rings (SSSR count). The number of hydrogen-bond acceptors (Lipinski definition) is 4. The first kappa shape index (κ1) is 9.73. The molecule has 0 fully saturated rings. The standard InChI is InChI=1S/C8H13N3O2/c1-6(5-9)10-8(12)4-7-2-3-13-11-7/h2-3,6H,4-5,9H2,1H3,(H,10,12). The monoisotopic (exact) mass is 183 g/mol. The Morgan fingerprint density at radius 3 is 3.15 bits per heavy atom. The van der Waals surface area contributed by atoms with Gasteiger partial charge in [0.15, 0.2) is 0 Å². The minimum Gasteiger partial charge on any atom is -0.364 e. The number of carbonyl (C=O) groups is 1. The maximum absolute atomic E-state index is 11.2. The highest BCUT2D eigenvalue weighted by Crippen LogP contribution is 1.95. The number of nitrogens with zero attached hydrogens (tertiary/aromatic N) is 1. The number of nitrogens with two attached hydrogens (primary N) is 1. The first-order valence-electron chi connectivity index (χ1n) is 4.11. The number of hydrogen-bond donors (Lipinski definition) is 2. The third kappa shape index (κ3) is 3.25. The van der Waals surface area contributed by atoms with Gasteiger partial charge in [-0.3, -0.25) is 4.79 Å². The molecule has 0 aliphatic carbocycles. The Hall–Kier alpha value is -1.36.